The molecule has 1 amide bonds. The molecule has 0 spiro atoms. The number of primary amides is 1. The summed E-state index contributed by atoms with van der Waals surface area (Å²) in [5, 5.41) is 3.38. The van der Waals surface area contributed by atoms with E-state index in [0.29, 0.717) is 5.56 Å². The minimum absolute atomic E-state index is 0.178. The maximum atomic E-state index is 11.0. The molecule has 2 aromatic carbocycles. The van der Waals surface area contributed by atoms with Crippen LogP contribution in [0.2, 0.25) is 0 Å². The van der Waals surface area contributed by atoms with Crippen LogP contribution in [0.25, 0.3) is 0 Å². The second-order valence-electron chi connectivity index (χ2n) is 4.36. The molecule has 0 fully saturated rings. The Bertz CT molecular complexity index is 581. The van der Waals surface area contributed by atoms with E-state index in [4.69, 9.17) is 5.73 Å². The molecule has 0 heterocycles. The summed E-state index contributed by atoms with van der Waals surface area (Å²) in [7, 11) is 0. The minimum atomic E-state index is -0.411. The standard InChI is InChI=1S/C15H15BrN2O/c1-10(12-3-2-4-13(16)9-12)18-14-7-5-11(6-8-14)15(17)19/h2-10,18H,1H3,(H2,17,19). The number of carbonyl (C=O) groups excluding carboxylic acids is 1. The molecular weight excluding hydrogens is 304 g/mol. The summed E-state index contributed by atoms with van der Waals surface area (Å²) in [5.74, 6) is -0.411. The van der Waals surface area contributed by atoms with Crippen molar-refractivity contribution in [2.75, 3.05) is 5.32 Å². The number of hydrogen-bond donors (Lipinski definition) is 2. The summed E-state index contributed by atoms with van der Waals surface area (Å²) in [5.41, 5.74) is 7.87. The summed E-state index contributed by atoms with van der Waals surface area (Å²) in [6, 6.07) is 15.5. The van der Waals surface area contributed by atoms with Crippen LogP contribution >= 0.6 is 15.9 Å². The predicted octanol–water partition coefficient (Wildman–Crippen LogP) is 3.72. The Morgan fingerprint density at radius 1 is 1.21 bits per heavy atom. The van der Waals surface area contributed by atoms with Crippen molar-refractivity contribution >= 4 is 27.5 Å². The van der Waals surface area contributed by atoms with Crippen molar-refractivity contribution in [1.82, 2.24) is 0 Å². The van der Waals surface area contributed by atoms with Crippen LogP contribution in [0.5, 0.6) is 0 Å². The Kier molecular flexibility index (Phi) is 4.22. The molecule has 0 bridgehead atoms. The van der Waals surface area contributed by atoms with Gasteiger partial charge in [0.15, 0.2) is 0 Å². The first-order valence-corrected chi connectivity index (χ1v) is 6.77. The van der Waals surface area contributed by atoms with Gasteiger partial charge in [-0.2, -0.15) is 0 Å². The van der Waals surface area contributed by atoms with E-state index in [9.17, 15) is 4.79 Å². The first kappa shape index (κ1) is 13.6. The van der Waals surface area contributed by atoms with Crippen LogP contribution in [-0.4, -0.2) is 5.91 Å². The van der Waals surface area contributed by atoms with E-state index in [0.717, 1.165) is 10.2 Å². The fourth-order valence-corrected chi connectivity index (χ4v) is 2.26. The molecule has 0 aromatic heterocycles. The number of nitrogens with one attached hydrogen (secondary N) is 1. The molecule has 0 aliphatic carbocycles. The van der Waals surface area contributed by atoms with Crippen molar-refractivity contribution in [2.45, 2.75) is 13.0 Å². The fourth-order valence-electron chi connectivity index (χ4n) is 1.84. The number of nitrogens with two attached hydrogens (primary N) is 1. The summed E-state index contributed by atoms with van der Waals surface area (Å²) < 4.78 is 1.06. The zero-order chi connectivity index (χ0) is 13.8. The van der Waals surface area contributed by atoms with Gasteiger partial charge >= 0.3 is 0 Å². The molecule has 3 N–H and O–H groups in total. The van der Waals surface area contributed by atoms with E-state index in [-0.39, 0.29) is 6.04 Å². The average Bonchev–Trinajstić information content (AvgIpc) is 2.39. The zero-order valence-electron chi connectivity index (χ0n) is 10.6. The number of halogens is 1. The summed E-state index contributed by atoms with van der Waals surface area (Å²) in [6.07, 6.45) is 0. The summed E-state index contributed by atoms with van der Waals surface area (Å²) in [4.78, 5) is 11.0. The van der Waals surface area contributed by atoms with Crippen LogP contribution in [0.1, 0.15) is 28.9 Å². The Balaban J connectivity index is 2.10. The number of anilines is 1. The molecule has 3 nitrogen and oxygen atoms in total. The lowest BCUT2D eigenvalue weighted by Gasteiger charge is -2.16. The molecule has 0 aliphatic heterocycles. The summed E-state index contributed by atoms with van der Waals surface area (Å²) in [6.45, 7) is 2.09. The highest BCUT2D eigenvalue weighted by Crippen LogP contribution is 2.22. The molecule has 0 saturated carbocycles. The molecule has 0 radical (unpaired) electrons. The Morgan fingerprint density at radius 2 is 1.89 bits per heavy atom. The molecule has 98 valence electrons. The largest absolute Gasteiger partial charge is 0.379 e. The van der Waals surface area contributed by atoms with Gasteiger partial charge in [-0.3, -0.25) is 4.79 Å². The highest BCUT2D eigenvalue weighted by atomic mass is 79.9. The van der Waals surface area contributed by atoms with Crippen LogP contribution < -0.4 is 11.1 Å². The smallest absolute Gasteiger partial charge is 0.248 e. The zero-order valence-corrected chi connectivity index (χ0v) is 12.1. The van der Waals surface area contributed by atoms with Crippen LogP contribution in [0.4, 0.5) is 5.69 Å². The lowest BCUT2D eigenvalue weighted by molar-refractivity contribution is 0.100. The van der Waals surface area contributed by atoms with Gasteiger partial charge in [-0.15, -0.1) is 0 Å². The van der Waals surface area contributed by atoms with Crippen molar-refractivity contribution in [1.29, 1.82) is 0 Å². The third-order valence-electron chi connectivity index (χ3n) is 2.90. The third kappa shape index (κ3) is 3.58. The topological polar surface area (TPSA) is 55.1 Å². The van der Waals surface area contributed by atoms with Crippen molar-refractivity contribution in [3.8, 4) is 0 Å². The Hall–Kier alpha value is -1.81. The van der Waals surface area contributed by atoms with Gasteiger partial charge < -0.3 is 11.1 Å². The van der Waals surface area contributed by atoms with Crippen molar-refractivity contribution in [3.05, 3.63) is 64.1 Å². The van der Waals surface area contributed by atoms with Crippen LogP contribution in [0, 0.1) is 0 Å². The monoisotopic (exact) mass is 318 g/mol. The minimum Gasteiger partial charge on any atom is -0.379 e. The fraction of sp³-hybridized carbons (Fsp3) is 0.133. The van der Waals surface area contributed by atoms with Crippen molar-refractivity contribution < 1.29 is 4.79 Å². The third-order valence-corrected chi connectivity index (χ3v) is 3.39. The van der Waals surface area contributed by atoms with E-state index >= 15 is 0 Å². The molecule has 2 rings (SSSR count). The van der Waals surface area contributed by atoms with Gasteiger partial charge in [-0.05, 0) is 48.9 Å². The highest BCUT2D eigenvalue weighted by molar-refractivity contribution is 9.10. The maximum absolute atomic E-state index is 11.0. The highest BCUT2D eigenvalue weighted by Gasteiger charge is 2.06. The SMILES string of the molecule is CC(Nc1ccc(C(N)=O)cc1)c1cccc(Br)c1. The van der Waals surface area contributed by atoms with Crippen LogP contribution in [0.15, 0.2) is 53.0 Å². The van der Waals surface area contributed by atoms with Gasteiger partial charge in [0.2, 0.25) is 5.91 Å². The van der Waals surface area contributed by atoms with Crippen molar-refractivity contribution in [3.63, 3.8) is 0 Å². The molecule has 2 aromatic rings. The lowest BCUT2D eigenvalue weighted by atomic mass is 10.1. The first-order chi connectivity index (χ1) is 9.06. The molecule has 1 unspecified atom stereocenters. The van der Waals surface area contributed by atoms with E-state index in [2.05, 4.69) is 40.3 Å². The lowest BCUT2D eigenvalue weighted by Crippen LogP contribution is -2.11. The molecule has 0 saturated heterocycles. The van der Waals surface area contributed by atoms with E-state index in [1.165, 1.54) is 5.56 Å². The van der Waals surface area contributed by atoms with E-state index in [1.807, 2.05) is 24.3 Å². The number of benzene rings is 2. The molecule has 0 aliphatic rings. The van der Waals surface area contributed by atoms with Gasteiger partial charge in [-0.1, -0.05) is 28.1 Å². The van der Waals surface area contributed by atoms with Crippen LogP contribution in [0.3, 0.4) is 0 Å². The molecular formula is C15H15BrN2O. The molecule has 1 atom stereocenters. The van der Waals surface area contributed by atoms with E-state index in [1.54, 1.807) is 12.1 Å². The number of rotatable bonds is 4. The summed E-state index contributed by atoms with van der Waals surface area (Å²) >= 11 is 3.46. The molecule has 4 heteroatoms. The molecule has 19 heavy (non-hydrogen) atoms. The number of amides is 1. The van der Waals surface area contributed by atoms with Gasteiger partial charge in [0.05, 0.1) is 0 Å². The van der Waals surface area contributed by atoms with Gasteiger partial charge in [0, 0.05) is 21.8 Å². The first-order valence-electron chi connectivity index (χ1n) is 5.98. The normalized spacial score (nSPS) is 11.9. The second-order valence-corrected chi connectivity index (χ2v) is 5.28. The predicted molar refractivity (Wildman–Crippen MR) is 81.1 cm³/mol. The van der Waals surface area contributed by atoms with Gasteiger partial charge in [0.1, 0.15) is 0 Å². The maximum Gasteiger partial charge on any atom is 0.248 e. The quantitative estimate of drug-likeness (QED) is 0.902. The van der Waals surface area contributed by atoms with Gasteiger partial charge in [-0.25, -0.2) is 0 Å². The average molecular weight is 319 g/mol. The van der Waals surface area contributed by atoms with Crippen molar-refractivity contribution in [2.24, 2.45) is 5.73 Å². The number of carbonyl (C=O) groups is 1. The van der Waals surface area contributed by atoms with Gasteiger partial charge in [0.25, 0.3) is 0 Å². The number of hydrogen-bond acceptors (Lipinski definition) is 2. The van der Waals surface area contributed by atoms with E-state index < -0.39 is 5.91 Å². The second kappa shape index (κ2) is 5.89. The van der Waals surface area contributed by atoms with Crippen LogP contribution in [-0.2, 0) is 0 Å². The Morgan fingerprint density at radius 3 is 2.47 bits per heavy atom. The Labute approximate surface area is 121 Å².